The molecule has 0 aliphatic carbocycles. The molecule has 0 fully saturated rings. The first-order valence-electron chi connectivity index (χ1n) is 8.66. The molecule has 0 heterocycles. The molecule has 0 aromatic heterocycles. The highest BCUT2D eigenvalue weighted by Crippen LogP contribution is 2.08. The first-order valence-corrected chi connectivity index (χ1v) is 8.66. The predicted octanol–water partition coefficient (Wildman–Crippen LogP) is 4.75. The fraction of sp³-hybridized carbons (Fsp3) is 0.684. The summed E-state index contributed by atoms with van der Waals surface area (Å²) in [5, 5.41) is 8.68. The van der Waals surface area contributed by atoms with Crippen LogP contribution < -0.4 is 0 Å². The highest BCUT2D eigenvalue weighted by molar-refractivity contribution is 5.14. The minimum atomic E-state index is 0.349. The molecule has 2 heteroatoms. The van der Waals surface area contributed by atoms with Crippen LogP contribution in [0.1, 0.15) is 63.4 Å². The van der Waals surface area contributed by atoms with Crippen LogP contribution in [0.3, 0.4) is 0 Å². The topological polar surface area (TPSA) is 29.5 Å². The van der Waals surface area contributed by atoms with E-state index in [9.17, 15) is 0 Å². The van der Waals surface area contributed by atoms with E-state index in [0.29, 0.717) is 6.61 Å². The van der Waals surface area contributed by atoms with E-state index in [0.717, 1.165) is 32.5 Å². The van der Waals surface area contributed by atoms with Crippen molar-refractivity contribution in [2.75, 3.05) is 19.8 Å². The Kier molecular flexibility index (Phi) is 12.2. The molecule has 1 N–H and O–H groups in total. The Bertz CT molecular complexity index is 311. The van der Waals surface area contributed by atoms with Crippen molar-refractivity contribution in [3.05, 3.63) is 35.9 Å². The van der Waals surface area contributed by atoms with Crippen LogP contribution in [-0.4, -0.2) is 24.9 Å². The molecule has 0 spiro atoms. The van der Waals surface area contributed by atoms with Crippen LogP contribution in [0.4, 0.5) is 0 Å². The number of aliphatic hydroxyl groups excluding tert-OH is 1. The molecule has 0 atom stereocenters. The molecular weight excluding hydrogens is 260 g/mol. The molecule has 0 aliphatic rings. The summed E-state index contributed by atoms with van der Waals surface area (Å²) >= 11 is 0. The molecule has 0 bridgehead atoms. The number of benzene rings is 1. The lowest BCUT2D eigenvalue weighted by Gasteiger charge is -2.05. The maximum absolute atomic E-state index is 8.68. The molecule has 1 rings (SSSR count). The van der Waals surface area contributed by atoms with Crippen molar-refractivity contribution in [3.63, 3.8) is 0 Å². The van der Waals surface area contributed by atoms with Crippen molar-refractivity contribution < 1.29 is 9.84 Å². The lowest BCUT2D eigenvalue weighted by Crippen LogP contribution is -1.98. The van der Waals surface area contributed by atoms with Crippen molar-refractivity contribution in [3.8, 4) is 0 Å². The highest BCUT2D eigenvalue weighted by atomic mass is 16.5. The molecule has 0 unspecified atom stereocenters. The number of ether oxygens (including phenoxy) is 1. The van der Waals surface area contributed by atoms with Crippen LogP contribution >= 0.6 is 0 Å². The van der Waals surface area contributed by atoms with Gasteiger partial charge in [-0.15, -0.1) is 0 Å². The standard InChI is InChI=1S/C19H32O2/c20-16-10-5-3-1-2-4-6-11-17-21-18-12-15-19-13-8-7-9-14-19/h7-9,13-14,20H,1-6,10-12,15-18H2. The van der Waals surface area contributed by atoms with Crippen molar-refractivity contribution in [2.45, 2.75) is 64.2 Å². The monoisotopic (exact) mass is 292 g/mol. The van der Waals surface area contributed by atoms with Gasteiger partial charge in [-0.3, -0.25) is 0 Å². The number of aryl methyl sites for hydroxylation is 1. The summed E-state index contributed by atoms with van der Waals surface area (Å²) in [5.41, 5.74) is 1.40. The van der Waals surface area contributed by atoms with E-state index in [4.69, 9.17) is 9.84 Å². The van der Waals surface area contributed by atoms with Crippen LogP contribution in [0.2, 0.25) is 0 Å². The molecule has 2 nitrogen and oxygen atoms in total. The smallest absolute Gasteiger partial charge is 0.0469 e. The maximum Gasteiger partial charge on any atom is 0.0469 e. The first kappa shape index (κ1) is 18.2. The van der Waals surface area contributed by atoms with Gasteiger partial charge in [0.25, 0.3) is 0 Å². The van der Waals surface area contributed by atoms with Gasteiger partial charge >= 0.3 is 0 Å². The minimum Gasteiger partial charge on any atom is -0.396 e. The zero-order valence-electron chi connectivity index (χ0n) is 13.4. The van der Waals surface area contributed by atoms with Crippen LogP contribution in [0, 0.1) is 0 Å². The zero-order valence-corrected chi connectivity index (χ0v) is 13.4. The van der Waals surface area contributed by atoms with Crippen LogP contribution in [0.15, 0.2) is 30.3 Å². The molecule has 0 radical (unpaired) electrons. The Balaban J connectivity index is 1.75. The third-order valence-corrected chi connectivity index (χ3v) is 3.79. The molecule has 120 valence electrons. The second-order valence-electron chi connectivity index (χ2n) is 5.75. The lowest BCUT2D eigenvalue weighted by atomic mass is 10.1. The Morgan fingerprint density at radius 3 is 1.90 bits per heavy atom. The Labute approximate surface area is 130 Å². The maximum atomic E-state index is 8.68. The van der Waals surface area contributed by atoms with E-state index < -0.39 is 0 Å². The SMILES string of the molecule is OCCCCCCCCCCOCCCc1ccccc1. The summed E-state index contributed by atoms with van der Waals surface area (Å²) < 4.78 is 5.69. The van der Waals surface area contributed by atoms with Crippen LogP contribution in [0.25, 0.3) is 0 Å². The van der Waals surface area contributed by atoms with E-state index in [1.54, 1.807) is 0 Å². The Hall–Kier alpha value is -0.860. The van der Waals surface area contributed by atoms with Gasteiger partial charge < -0.3 is 9.84 Å². The van der Waals surface area contributed by atoms with Crippen molar-refractivity contribution in [2.24, 2.45) is 0 Å². The van der Waals surface area contributed by atoms with E-state index in [-0.39, 0.29) is 0 Å². The highest BCUT2D eigenvalue weighted by Gasteiger charge is 1.94. The summed E-state index contributed by atoms with van der Waals surface area (Å²) in [6, 6.07) is 10.6. The first-order chi connectivity index (χ1) is 10.4. The van der Waals surface area contributed by atoms with Gasteiger partial charge in [0.15, 0.2) is 0 Å². The summed E-state index contributed by atoms with van der Waals surface area (Å²) in [7, 11) is 0. The van der Waals surface area contributed by atoms with E-state index >= 15 is 0 Å². The fourth-order valence-electron chi connectivity index (χ4n) is 2.50. The summed E-state index contributed by atoms with van der Waals surface area (Å²) in [6.45, 7) is 2.15. The third kappa shape index (κ3) is 11.5. The van der Waals surface area contributed by atoms with Gasteiger partial charge in [0.2, 0.25) is 0 Å². The normalized spacial score (nSPS) is 10.9. The van der Waals surface area contributed by atoms with E-state index in [1.165, 1.54) is 50.5 Å². The molecule has 0 saturated heterocycles. The lowest BCUT2D eigenvalue weighted by molar-refractivity contribution is 0.127. The molecule has 21 heavy (non-hydrogen) atoms. The number of unbranched alkanes of at least 4 members (excludes halogenated alkanes) is 7. The van der Waals surface area contributed by atoms with E-state index in [2.05, 4.69) is 30.3 Å². The third-order valence-electron chi connectivity index (χ3n) is 3.79. The molecule has 1 aromatic rings. The largest absolute Gasteiger partial charge is 0.396 e. The van der Waals surface area contributed by atoms with Gasteiger partial charge in [-0.1, -0.05) is 68.9 Å². The second kappa shape index (κ2) is 14.1. The van der Waals surface area contributed by atoms with Gasteiger partial charge in [0.05, 0.1) is 0 Å². The van der Waals surface area contributed by atoms with Crippen LogP contribution in [-0.2, 0) is 11.2 Å². The second-order valence-corrected chi connectivity index (χ2v) is 5.75. The predicted molar refractivity (Wildman–Crippen MR) is 89.6 cm³/mol. The molecule has 0 saturated carbocycles. The quantitative estimate of drug-likeness (QED) is 0.501. The van der Waals surface area contributed by atoms with Gasteiger partial charge in [-0.2, -0.15) is 0 Å². The van der Waals surface area contributed by atoms with Gasteiger partial charge in [-0.25, -0.2) is 0 Å². The van der Waals surface area contributed by atoms with Crippen molar-refractivity contribution >= 4 is 0 Å². The fourth-order valence-corrected chi connectivity index (χ4v) is 2.50. The number of rotatable bonds is 14. The average Bonchev–Trinajstić information content (AvgIpc) is 2.53. The molecular formula is C19H32O2. The number of hydrogen-bond donors (Lipinski definition) is 1. The minimum absolute atomic E-state index is 0.349. The van der Waals surface area contributed by atoms with Gasteiger partial charge in [0.1, 0.15) is 0 Å². The summed E-state index contributed by atoms with van der Waals surface area (Å²) in [5.74, 6) is 0. The van der Waals surface area contributed by atoms with Crippen molar-refractivity contribution in [1.29, 1.82) is 0 Å². The van der Waals surface area contributed by atoms with Crippen LogP contribution in [0.5, 0.6) is 0 Å². The number of hydrogen-bond acceptors (Lipinski definition) is 2. The summed E-state index contributed by atoms with van der Waals surface area (Å²) in [6.07, 6.45) is 12.1. The Morgan fingerprint density at radius 1 is 0.667 bits per heavy atom. The molecule has 0 aliphatic heterocycles. The van der Waals surface area contributed by atoms with Gasteiger partial charge in [-0.05, 0) is 31.2 Å². The molecule has 0 amide bonds. The van der Waals surface area contributed by atoms with E-state index in [1.807, 2.05) is 0 Å². The summed E-state index contributed by atoms with van der Waals surface area (Å²) in [4.78, 5) is 0. The average molecular weight is 292 g/mol. The molecule has 1 aromatic carbocycles. The number of aliphatic hydroxyl groups is 1. The van der Waals surface area contributed by atoms with Crippen molar-refractivity contribution in [1.82, 2.24) is 0 Å². The zero-order chi connectivity index (χ0) is 15.0. The Morgan fingerprint density at radius 2 is 1.24 bits per heavy atom. The van der Waals surface area contributed by atoms with Gasteiger partial charge in [0, 0.05) is 19.8 Å².